The lowest BCUT2D eigenvalue weighted by Crippen LogP contribution is -2.17. The molecule has 0 spiro atoms. The number of carbonyl (C=O) groups excluding carboxylic acids is 1. The zero-order valence-electron chi connectivity index (χ0n) is 16.5. The molecule has 0 radical (unpaired) electrons. The summed E-state index contributed by atoms with van der Waals surface area (Å²) in [5, 5.41) is 2.88. The van der Waals surface area contributed by atoms with Crippen LogP contribution in [-0.2, 0) is 0 Å². The Kier molecular flexibility index (Phi) is 5.17. The van der Waals surface area contributed by atoms with E-state index in [1.807, 2.05) is 26.0 Å². The Morgan fingerprint density at radius 3 is 2.60 bits per heavy atom. The normalized spacial score (nSPS) is 10.6. The highest BCUT2D eigenvalue weighted by Gasteiger charge is 2.12. The second kappa shape index (κ2) is 8.08. The van der Waals surface area contributed by atoms with Gasteiger partial charge >= 0.3 is 5.69 Å². The van der Waals surface area contributed by atoms with Gasteiger partial charge in [-0.3, -0.25) is 14.3 Å². The fourth-order valence-corrected chi connectivity index (χ4v) is 3.09. The largest absolute Gasteiger partial charge is 0.457 e. The molecule has 1 amide bonds. The van der Waals surface area contributed by atoms with Gasteiger partial charge in [-0.1, -0.05) is 12.1 Å². The number of rotatable bonds is 5. The molecule has 7 heteroatoms. The van der Waals surface area contributed by atoms with E-state index in [-0.39, 0.29) is 11.6 Å². The van der Waals surface area contributed by atoms with Crippen molar-refractivity contribution in [1.29, 1.82) is 0 Å². The molecular formula is C23H20N4O3. The summed E-state index contributed by atoms with van der Waals surface area (Å²) >= 11 is 0. The molecule has 0 saturated heterocycles. The maximum absolute atomic E-state index is 12.8. The Morgan fingerprint density at radius 1 is 1.07 bits per heavy atom. The average molecular weight is 400 g/mol. The second-order valence-corrected chi connectivity index (χ2v) is 6.84. The van der Waals surface area contributed by atoms with Crippen molar-refractivity contribution >= 4 is 11.6 Å². The minimum atomic E-state index is -0.273. The zero-order valence-corrected chi connectivity index (χ0v) is 16.5. The van der Waals surface area contributed by atoms with Gasteiger partial charge in [0.25, 0.3) is 5.91 Å². The maximum atomic E-state index is 12.8. The molecule has 2 aromatic carbocycles. The molecular weight excluding hydrogens is 380 g/mol. The van der Waals surface area contributed by atoms with E-state index in [4.69, 9.17) is 4.74 Å². The van der Waals surface area contributed by atoms with E-state index in [1.165, 1.54) is 0 Å². The molecule has 0 atom stereocenters. The number of benzene rings is 2. The molecule has 2 heterocycles. The van der Waals surface area contributed by atoms with Crippen LogP contribution in [0, 0.1) is 13.8 Å². The summed E-state index contributed by atoms with van der Waals surface area (Å²) in [6.45, 7) is 3.75. The van der Waals surface area contributed by atoms with Crippen molar-refractivity contribution in [3.05, 3.63) is 100 Å². The molecule has 0 aliphatic heterocycles. The molecule has 0 saturated carbocycles. The Balaban J connectivity index is 1.57. The molecule has 0 fully saturated rings. The molecule has 0 unspecified atom stereocenters. The number of anilines is 1. The van der Waals surface area contributed by atoms with Crippen LogP contribution >= 0.6 is 0 Å². The van der Waals surface area contributed by atoms with E-state index in [0.717, 1.165) is 11.3 Å². The molecule has 0 aliphatic carbocycles. The standard InChI is InChI=1S/C23H20N4O3/c1-15-6-7-17(12-21(15)30-20-8-10-24-11-9-20)22(28)26-18-4-3-5-19(13-18)27-16(2)14-25-23(27)29/h3-14H,1-2H3,(H,25,29)(H,26,28). The van der Waals surface area contributed by atoms with Crippen molar-refractivity contribution in [2.75, 3.05) is 5.32 Å². The number of nitrogens with zero attached hydrogens (tertiary/aromatic N) is 2. The first-order chi connectivity index (χ1) is 14.5. The third kappa shape index (κ3) is 4.00. The molecule has 7 nitrogen and oxygen atoms in total. The maximum Gasteiger partial charge on any atom is 0.330 e. The van der Waals surface area contributed by atoms with Crippen molar-refractivity contribution < 1.29 is 9.53 Å². The van der Waals surface area contributed by atoms with Crippen molar-refractivity contribution in [2.24, 2.45) is 0 Å². The predicted molar refractivity (Wildman–Crippen MR) is 115 cm³/mol. The van der Waals surface area contributed by atoms with Gasteiger partial charge in [0.2, 0.25) is 0 Å². The first kappa shape index (κ1) is 19.2. The quantitative estimate of drug-likeness (QED) is 0.525. The summed E-state index contributed by atoms with van der Waals surface area (Å²) in [6, 6.07) is 15.9. The highest BCUT2D eigenvalue weighted by atomic mass is 16.5. The summed E-state index contributed by atoms with van der Waals surface area (Å²) in [7, 11) is 0. The van der Waals surface area contributed by atoms with Crippen LogP contribution in [0.5, 0.6) is 11.5 Å². The van der Waals surface area contributed by atoms with Crippen LogP contribution in [0.1, 0.15) is 21.6 Å². The van der Waals surface area contributed by atoms with Crippen LogP contribution in [-0.4, -0.2) is 20.4 Å². The zero-order chi connectivity index (χ0) is 21.1. The van der Waals surface area contributed by atoms with E-state index in [9.17, 15) is 9.59 Å². The first-order valence-corrected chi connectivity index (χ1v) is 9.38. The van der Waals surface area contributed by atoms with Crippen LogP contribution in [0.15, 0.2) is 78.0 Å². The van der Waals surface area contributed by atoms with Crippen LogP contribution in [0.3, 0.4) is 0 Å². The molecule has 4 rings (SSSR count). The lowest BCUT2D eigenvalue weighted by molar-refractivity contribution is 0.102. The molecule has 150 valence electrons. The molecule has 30 heavy (non-hydrogen) atoms. The van der Waals surface area contributed by atoms with Crippen LogP contribution in [0.25, 0.3) is 5.69 Å². The minimum absolute atomic E-state index is 0.229. The van der Waals surface area contributed by atoms with E-state index < -0.39 is 0 Å². The highest BCUT2D eigenvalue weighted by Crippen LogP contribution is 2.26. The summed E-state index contributed by atoms with van der Waals surface area (Å²) in [5.41, 5.74) is 3.18. The van der Waals surface area contributed by atoms with Crippen molar-refractivity contribution in [2.45, 2.75) is 13.8 Å². The number of pyridine rings is 1. The van der Waals surface area contributed by atoms with Gasteiger partial charge in [-0.25, -0.2) is 4.79 Å². The van der Waals surface area contributed by atoms with Crippen LogP contribution in [0.4, 0.5) is 5.69 Å². The predicted octanol–water partition coefficient (Wildman–Crippen LogP) is 4.22. The number of hydrogen-bond donors (Lipinski definition) is 2. The van der Waals surface area contributed by atoms with Gasteiger partial charge in [0.1, 0.15) is 11.5 Å². The van der Waals surface area contributed by atoms with Crippen molar-refractivity contribution in [3.8, 4) is 17.2 Å². The fourth-order valence-electron chi connectivity index (χ4n) is 3.09. The summed E-state index contributed by atoms with van der Waals surface area (Å²) < 4.78 is 7.43. The lowest BCUT2D eigenvalue weighted by atomic mass is 10.1. The molecule has 0 aliphatic rings. The average Bonchev–Trinajstić information content (AvgIpc) is 3.08. The third-order valence-corrected chi connectivity index (χ3v) is 4.65. The number of H-pyrrole nitrogens is 1. The Bertz CT molecular complexity index is 1260. The number of hydrogen-bond acceptors (Lipinski definition) is 4. The number of aryl methyl sites for hydroxylation is 2. The van der Waals surface area contributed by atoms with E-state index in [1.54, 1.807) is 65.6 Å². The third-order valence-electron chi connectivity index (χ3n) is 4.65. The van der Waals surface area contributed by atoms with E-state index >= 15 is 0 Å². The number of aromatic nitrogens is 3. The number of amides is 1. The van der Waals surface area contributed by atoms with E-state index in [2.05, 4.69) is 15.3 Å². The molecule has 0 bridgehead atoms. The molecule has 4 aromatic rings. The van der Waals surface area contributed by atoms with Gasteiger partial charge < -0.3 is 15.0 Å². The Labute approximate surface area is 173 Å². The number of imidazole rings is 1. The molecule has 2 N–H and O–H groups in total. The lowest BCUT2D eigenvalue weighted by Gasteiger charge is -2.12. The van der Waals surface area contributed by atoms with Crippen LogP contribution in [0.2, 0.25) is 0 Å². The van der Waals surface area contributed by atoms with Gasteiger partial charge in [-0.15, -0.1) is 0 Å². The van der Waals surface area contributed by atoms with E-state index in [0.29, 0.717) is 28.4 Å². The number of carbonyl (C=O) groups is 1. The van der Waals surface area contributed by atoms with Crippen molar-refractivity contribution in [3.63, 3.8) is 0 Å². The van der Waals surface area contributed by atoms with Gasteiger partial charge in [-0.2, -0.15) is 0 Å². The topological polar surface area (TPSA) is 89.0 Å². The minimum Gasteiger partial charge on any atom is -0.457 e. The highest BCUT2D eigenvalue weighted by molar-refractivity contribution is 6.04. The SMILES string of the molecule is Cc1ccc(C(=O)Nc2cccc(-n3c(C)c[nH]c3=O)c2)cc1Oc1ccncc1. The smallest absolute Gasteiger partial charge is 0.330 e. The van der Waals surface area contributed by atoms with Gasteiger partial charge in [0.05, 0.1) is 5.69 Å². The fraction of sp³-hybridized carbons (Fsp3) is 0.0870. The van der Waals surface area contributed by atoms with Gasteiger partial charge in [0, 0.05) is 35.5 Å². The molecule has 2 aromatic heterocycles. The number of aromatic amines is 1. The van der Waals surface area contributed by atoms with Gasteiger partial charge in [0.15, 0.2) is 0 Å². The van der Waals surface area contributed by atoms with Crippen molar-refractivity contribution in [1.82, 2.24) is 14.5 Å². The summed E-state index contributed by atoms with van der Waals surface area (Å²) in [4.78, 5) is 31.5. The number of nitrogens with one attached hydrogen (secondary N) is 2. The number of ether oxygens (including phenoxy) is 1. The Hall–Kier alpha value is -4.13. The second-order valence-electron chi connectivity index (χ2n) is 6.84. The Morgan fingerprint density at radius 2 is 1.87 bits per heavy atom. The monoisotopic (exact) mass is 400 g/mol. The summed E-state index contributed by atoms with van der Waals surface area (Å²) in [5.74, 6) is 0.965. The van der Waals surface area contributed by atoms with Gasteiger partial charge in [-0.05, 0) is 61.9 Å². The summed E-state index contributed by atoms with van der Waals surface area (Å²) in [6.07, 6.45) is 4.93. The first-order valence-electron chi connectivity index (χ1n) is 9.38. The van der Waals surface area contributed by atoms with Crippen LogP contribution < -0.4 is 15.7 Å².